The summed E-state index contributed by atoms with van der Waals surface area (Å²) in [4.78, 5) is 11.5. The van der Waals surface area contributed by atoms with Crippen molar-refractivity contribution in [2.45, 2.75) is 33.2 Å². The van der Waals surface area contributed by atoms with Crippen LogP contribution in [0.15, 0.2) is 42.5 Å². The Balaban J connectivity index is 2.12. The lowest BCUT2D eigenvalue weighted by Gasteiger charge is -2.15. The van der Waals surface area contributed by atoms with E-state index in [4.69, 9.17) is 11.6 Å². The van der Waals surface area contributed by atoms with E-state index in [1.807, 2.05) is 38.1 Å². The van der Waals surface area contributed by atoms with Gasteiger partial charge in [-0.2, -0.15) is 0 Å². The van der Waals surface area contributed by atoms with Crippen LogP contribution in [-0.2, 0) is 17.8 Å². The number of carboxylic acid groups (broad SMARTS) is 1. The molecular formula is C21H21ClFNO2. The molecule has 1 unspecified atom stereocenters. The van der Waals surface area contributed by atoms with Crippen LogP contribution in [0.5, 0.6) is 0 Å². The number of nitrogens with zero attached hydrogens (tertiary/aromatic N) is 1. The van der Waals surface area contributed by atoms with Crippen LogP contribution < -0.4 is 0 Å². The molecule has 0 amide bonds. The second-order valence-electron chi connectivity index (χ2n) is 6.59. The first-order valence-electron chi connectivity index (χ1n) is 8.65. The summed E-state index contributed by atoms with van der Waals surface area (Å²) in [5.74, 6) is -1.56. The molecule has 1 atom stereocenters. The minimum absolute atomic E-state index is 0.291. The second kappa shape index (κ2) is 7.50. The highest BCUT2D eigenvalue weighted by atomic mass is 35.5. The highest BCUT2D eigenvalue weighted by molar-refractivity contribution is 6.30. The number of carboxylic acids is 1. The minimum atomic E-state index is -0.804. The molecule has 0 saturated carbocycles. The number of fused-ring (bicyclic) bond motifs is 1. The van der Waals surface area contributed by atoms with Crippen molar-refractivity contribution in [2.24, 2.45) is 5.92 Å². The van der Waals surface area contributed by atoms with Crippen LogP contribution in [0.3, 0.4) is 0 Å². The Bertz CT molecular complexity index is 947. The standard InChI is InChI=1S/C21H21ClFNO2/c1-3-15(21(25)26)10-20-13(2)18-11-17(23)8-9-19(18)24(20)12-14-4-6-16(22)7-5-14/h4-9,11,15H,3,10,12H2,1-2H3,(H,25,26). The molecule has 0 fully saturated rings. The first kappa shape index (κ1) is 18.5. The molecule has 2 aromatic carbocycles. The lowest BCUT2D eigenvalue weighted by molar-refractivity contribution is -0.141. The van der Waals surface area contributed by atoms with E-state index in [0.29, 0.717) is 24.4 Å². The van der Waals surface area contributed by atoms with Gasteiger partial charge in [0, 0.05) is 34.6 Å². The average molecular weight is 374 g/mol. The van der Waals surface area contributed by atoms with Gasteiger partial charge in [0.15, 0.2) is 0 Å². The number of halogens is 2. The van der Waals surface area contributed by atoms with Crippen LogP contribution in [0.25, 0.3) is 10.9 Å². The van der Waals surface area contributed by atoms with Crippen molar-refractivity contribution in [3.63, 3.8) is 0 Å². The lowest BCUT2D eigenvalue weighted by Crippen LogP contribution is -2.18. The third-order valence-electron chi connectivity index (χ3n) is 4.95. The quantitative estimate of drug-likeness (QED) is 0.624. The van der Waals surface area contributed by atoms with Crippen molar-refractivity contribution < 1.29 is 14.3 Å². The van der Waals surface area contributed by atoms with E-state index >= 15 is 0 Å². The molecule has 5 heteroatoms. The van der Waals surface area contributed by atoms with Crippen LogP contribution >= 0.6 is 11.6 Å². The summed E-state index contributed by atoms with van der Waals surface area (Å²) in [6, 6.07) is 12.3. The summed E-state index contributed by atoms with van der Waals surface area (Å²) in [5, 5.41) is 11.0. The SMILES string of the molecule is CCC(Cc1c(C)c2cc(F)ccc2n1Cc1ccc(Cl)cc1)C(=O)O. The van der Waals surface area contributed by atoms with Gasteiger partial charge in [-0.1, -0.05) is 30.7 Å². The Morgan fingerprint density at radius 2 is 1.92 bits per heavy atom. The number of aromatic nitrogens is 1. The fraction of sp³-hybridized carbons (Fsp3) is 0.286. The summed E-state index contributed by atoms with van der Waals surface area (Å²) in [5.41, 5.74) is 3.84. The number of carbonyl (C=O) groups is 1. The maximum Gasteiger partial charge on any atom is 0.306 e. The summed E-state index contributed by atoms with van der Waals surface area (Å²) >= 11 is 5.97. The maximum atomic E-state index is 13.8. The molecule has 0 saturated heterocycles. The molecular weight excluding hydrogens is 353 g/mol. The molecule has 0 radical (unpaired) electrons. The van der Waals surface area contributed by atoms with Crippen LogP contribution in [0, 0.1) is 18.7 Å². The molecule has 1 heterocycles. The molecule has 0 bridgehead atoms. The van der Waals surface area contributed by atoms with Gasteiger partial charge in [-0.15, -0.1) is 0 Å². The van der Waals surface area contributed by atoms with Gasteiger partial charge in [0.25, 0.3) is 0 Å². The van der Waals surface area contributed by atoms with Gasteiger partial charge >= 0.3 is 5.97 Å². The van der Waals surface area contributed by atoms with Crippen LogP contribution in [0.4, 0.5) is 4.39 Å². The summed E-state index contributed by atoms with van der Waals surface area (Å²) in [6.07, 6.45) is 0.965. The van der Waals surface area contributed by atoms with E-state index in [9.17, 15) is 14.3 Å². The molecule has 0 aliphatic carbocycles. The van der Waals surface area contributed by atoms with Crippen molar-refractivity contribution in [3.05, 3.63) is 70.1 Å². The largest absolute Gasteiger partial charge is 0.481 e. The smallest absolute Gasteiger partial charge is 0.306 e. The fourth-order valence-corrected chi connectivity index (χ4v) is 3.53. The van der Waals surface area contributed by atoms with Gasteiger partial charge in [0.05, 0.1) is 5.92 Å². The third kappa shape index (κ3) is 3.61. The van der Waals surface area contributed by atoms with E-state index in [0.717, 1.165) is 27.7 Å². The van der Waals surface area contributed by atoms with Crippen LogP contribution in [0.2, 0.25) is 5.02 Å². The zero-order valence-electron chi connectivity index (χ0n) is 14.8. The monoisotopic (exact) mass is 373 g/mol. The van der Waals surface area contributed by atoms with Gasteiger partial charge in [0.1, 0.15) is 5.82 Å². The highest BCUT2D eigenvalue weighted by Crippen LogP contribution is 2.30. The van der Waals surface area contributed by atoms with E-state index in [-0.39, 0.29) is 5.82 Å². The average Bonchev–Trinajstić information content (AvgIpc) is 2.86. The summed E-state index contributed by atoms with van der Waals surface area (Å²) in [7, 11) is 0. The highest BCUT2D eigenvalue weighted by Gasteiger charge is 2.22. The lowest BCUT2D eigenvalue weighted by atomic mass is 9.98. The van der Waals surface area contributed by atoms with E-state index in [1.165, 1.54) is 12.1 Å². The third-order valence-corrected chi connectivity index (χ3v) is 5.20. The van der Waals surface area contributed by atoms with Crippen molar-refractivity contribution >= 4 is 28.5 Å². The van der Waals surface area contributed by atoms with Crippen LogP contribution in [-0.4, -0.2) is 15.6 Å². The molecule has 0 aliphatic heterocycles. The molecule has 26 heavy (non-hydrogen) atoms. The van der Waals surface area contributed by atoms with E-state index in [1.54, 1.807) is 6.07 Å². The van der Waals surface area contributed by atoms with Crippen molar-refractivity contribution in [3.8, 4) is 0 Å². The van der Waals surface area contributed by atoms with Gasteiger partial charge in [0.2, 0.25) is 0 Å². The molecule has 3 rings (SSSR count). The molecule has 3 nitrogen and oxygen atoms in total. The normalized spacial score (nSPS) is 12.5. The number of hydrogen-bond acceptors (Lipinski definition) is 1. The number of aliphatic carboxylic acids is 1. The molecule has 3 aromatic rings. The van der Waals surface area contributed by atoms with Gasteiger partial charge in [-0.3, -0.25) is 4.79 Å². The molecule has 1 N–H and O–H groups in total. The number of hydrogen-bond donors (Lipinski definition) is 1. The number of rotatable bonds is 6. The predicted molar refractivity (Wildman–Crippen MR) is 102 cm³/mol. The van der Waals surface area contributed by atoms with Crippen molar-refractivity contribution in [2.75, 3.05) is 0 Å². The number of aryl methyl sites for hydroxylation is 1. The summed E-state index contributed by atoms with van der Waals surface area (Å²) < 4.78 is 15.9. The second-order valence-corrected chi connectivity index (χ2v) is 7.03. The molecule has 136 valence electrons. The van der Waals surface area contributed by atoms with E-state index in [2.05, 4.69) is 4.57 Å². The van der Waals surface area contributed by atoms with Crippen molar-refractivity contribution in [1.29, 1.82) is 0 Å². The maximum absolute atomic E-state index is 13.8. The Morgan fingerprint density at radius 1 is 1.23 bits per heavy atom. The molecule has 0 spiro atoms. The Morgan fingerprint density at radius 3 is 2.54 bits per heavy atom. The summed E-state index contributed by atoms with van der Waals surface area (Å²) in [6.45, 7) is 4.39. The van der Waals surface area contributed by atoms with Crippen LogP contribution in [0.1, 0.15) is 30.2 Å². The zero-order valence-corrected chi connectivity index (χ0v) is 15.6. The Hall–Kier alpha value is -2.33. The molecule has 0 aliphatic rings. The Kier molecular flexibility index (Phi) is 5.33. The first-order chi connectivity index (χ1) is 12.4. The first-order valence-corrected chi connectivity index (χ1v) is 9.03. The van der Waals surface area contributed by atoms with Gasteiger partial charge < -0.3 is 9.67 Å². The van der Waals surface area contributed by atoms with E-state index < -0.39 is 11.9 Å². The minimum Gasteiger partial charge on any atom is -0.481 e. The van der Waals surface area contributed by atoms with Gasteiger partial charge in [-0.25, -0.2) is 4.39 Å². The topological polar surface area (TPSA) is 42.2 Å². The number of benzene rings is 2. The van der Waals surface area contributed by atoms with Gasteiger partial charge in [-0.05, 0) is 54.8 Å². The van der Waals surface area contributed by atoms with Crippen molar-refractivity contribution in [1.82, 2.24) is 4.57 Å². The predicted octanol–water partition coefficient (Wildman–Crippen LogP) is 5.44. The fourth-order valence-electron chi connectivity index (χ4n) is 3.40. The Labute approximate surface area is 157 Å². The zero-order chi connectivity index (χ0) is 18.8. The molecule has 1 aromatic heterocycles.